The number of amides is 1. The van der Waals surface area contributed by atoms with E-state index in [0.29, 0.717) is 48.8 Å². The molecular weight excluding hydrogens is 372 g/mol. The molecule has 0 radical (unpaired) electrons. The largest absolute Gasteiger partial charge is 0.465 e. The molecule has 2 heterocycles. The smallest absolute Gasteiger partial charge is 0.407 e. The third-order valence-corrected chi connectivity index (χ3v) is 10.5. The molecule has 6 nitrogen and oxygen atoms in total. The van der Waals surface area contributed by atoms with Gasteiger partial charge in [-0.25, -0.2) is 4.79 Å². The van der Waals surface area contributed by atoms with Gasteiger partial charge in [0.05, 0.1) is 22.9 Å². The zero-order chi connectivity index (χ0) is 19.8. The van der Waals surface area contributed by atoms with Gasteiger partial charge in [-0.1, -0.05) is 32.4 Å². The number of carbonyl (C=O) groups is 1. The first-order chi connectivity index (χ1) is 11.9. The lowest BCUT2D eigenvalue weighted by Gasteiger charge is -2.37. The second-order valence-electron chi connectivity index (χ2n) is 8.50. The van der Waals surface area contributed by atoms with E-state index in [2.05, 4.69) is 38.8 Å². The SMILES string of the molecule is CC(C)(C)[Si](C)(C)OCc1ncc(C2(O)CCN(C(=O)O)CC2)cc1Cl. The molecule has 2 rings (SSSR count). The topological polar surface area (TPSA) is 82.9 Å². The molecule has 1 saturated heterocycles. The first-order valence-electron chi connectivity index (χ1n) is 8.85. The average molecular weight is 401 g/mol. The van der Waals surface area contributed by atoms with Crippen LogP contribution in [0.4, 0.5) is 4.79 Å². The Morgan fingerprint density at radius 2 is 1.96 bits per heavy atom. The molecule has 0 unspecified atom stereocenters. The van der Waals surface area contributed by atoms with Crippen LogP contribution in [-0.2, 0) is 16.6 Å². The van der Waals surface area contributed by atoms with Crippen molar-refractivity contribution in [2.45, 2.75) is 64.0 Å². The molecule has 0 saturated carbocycles. The van der Waals surface area contributed by atoms with Crippen LogP contribution in [0, 0.1) is 0 Å². The summed E-state index contributed by atoms with van der Waals surface area (Å²) in [7, 11) is -1.90. The molecule has 146 valence electrons. The molecular formula is C18H29ClN2O4Si. The predicted molar refractivity (Wildman–Crippen MR) is 104 cm³/mol. The Morgan fingerprint density at radius 1 is 1.38 bits per heavy atom. The van der Waals surface area contributed by atoms with Gasteiger partial charge in [-0.05, 0) is 37.0 Å². The van der Waals surface area contributed by atoms with Crippen LogP contribution < -0.4 is 0 Å². The van der Waals surface area contributed by atoms with Crippen LogP contribution in [0.15, 0.2) is 12.3 Å². The maximum absolute atomic E-state index is 11.0. The highest BCUT2D eigenvalue weighted by Crippen LogP contribution is 2.38. The minimum atomic E-state index is -1.90. The van der Waals surface area contributed by atoms with E-state index in [9.17, 15) is 9.90 Å². The molecule has 2 N–H and O–H groups in total. The highest BCUT2D eigenvalue weighted by molar-refractivity contribution is 6.74. The predicted octanol–water partition coefficient (Wildman–Crippen LogP) is 4.22. The summed E-state index contributed by atoms with van der Waals surface area (Å²) < 4.78 is 6.17. The van der Waals surface area contributed by atoms with E-state index in [1.54, 1.807) is 12.3 Å². The Labute approximate surface area is 161 Å². The van der Waals surface area contributed by atoms with Crippen molar-refractivity contribution in [1.82, 2.24) is 9.88 Å². The van der Waals surface area contributed by atoms with Crippen molar-refractivity contribution >= 4 is 26.0 Å². The van der Waals surface area contributed by atoms with Crippen LogP contribution in [0.5, 0.6) is 0 Å². The maximum atomic E-state index is 11.0. The summed E-state index contributed by atoms with van der Waals surface area (Å²) >= 11 is 6.39. The van der Waals surface area contributed by atoms with E-state index in [-0.39, 0.29) is 5.04 Å². The molecule has 1 fully saturated rings. The van der Waals surface area contributed by atoms with Crippen molar-refractivity contribution in [2.75, 3.05) is 13.1 Å². The summed E-state index contributed by atoms with van der Waals surface area (Å²) in [5.74, 6) is 0. The van der Waals surface area contributed by atoms with Crippen molar-refractivity contribution in [3.05, 3.63) is 28.5 Å². The fourth-order valence-corrected chi connectivity index (χ4v) is 3.80. The number of piperidine rings is 1. The fraction of sp³-hybridized carbons (Fsp3) is 0.667. The molecule has 1 aromatic heterocycles. The Balaban J connectivity index is 2.09. The zero-order valence-electron chi connectivity index (χ0n) is 16.2. The van der Waals surface area contributed by atoms with Crippen LogP contribution in [-0.4, -0.2) is 47.6 Å². The van der Waals surface area contributed by atoms with Gasteiger partial charge in [0.15, 0.2) is 8.32 Å². The third-order valence-electron chi connectivity index (χ3n) is 5.69. The molecule has 1 amide bonds. The lowest BCUT2D eigenvalue weighted by molar-refractivity contribution is -0.0216. The van der Waals surface area contributed by atoms with Crippen molar-refractivity contribution in [2.24, 2.45) is 0 Å². The number of aromatic nitrogens is 1. The number of halogens is 1. The van der Waals surface area contributed by atoms with Crippen molar-refractivity contribution in [1.29, 1.82) is 0 Å². The van der Waals surface area contributed by atoms with Gasteiger partial charge in [0.2, 0.25) is 0 Å². The van der Waals surface area contributed by atoms with Gasteiger partial charge in [-0.3, -0.25) is 4.98 Å². The molecule has 0 bridgehead atoms. The second kappa shape index (κ2) is 7.46. The van der Waals surface area contributed by atoms with Crippen LogP contribution in [0.25, 0.3) is 0 Å². The molecule has 0 spiro atoms. The standard InChI is InChI=1S/C18H29ClN2O4Si/c1-17(2,3)26(4,5)25-12-15-14(19)10-13(11-20-15)18(24)6-8-21(9-7-18)16(22)23/h10-11,24H,6-9,12H2,1-5H3,(H,22,23). The van der Waals surface area contributed by atoms with E-state index in [4.69, 9.17) is 21.1 Å². The monoisotopic (exact) mass is 400 g/mol. The first-order valence-corrected chi connectivity index (χ1v) is 12.1. The molecule has 0 aromatic carbocycles. The Morgan fingerprint density at radius 3 is 2.42 bits per heavy atom. The van der Waals surface area contributed by atoms with Gasteiger partial charge in [-0.15, -0.1) is 0 Å². The summed E-state index contributed by atoms with van der Waals surface area (Å²) in [6.07, 6.45) is 1.34. The van der Waals surface area contributed by atoms with Crippen LogP contribution in [0.1, 0.15) is 44.9 Å². The normalized spacial score (nSPS) is 18.0. The van der Waals surface area contributed by atoms with Gasteiger partial charge >= 0.3 is 6.09 Å². The molecule has 1 aromatic rings. The van der Waals surface area contributed by atoms with Crippen molar-refractivity contribution in [3.8, 4) is 0 Å². The minimum absolute atomic E-state index is 0.104. The van der Waals surface area contributed by atoms with Crippen molar-refractivity contribution < 1.29 is 19.4 Å². The van der Waals surface area contributed by atoms with Crippen LogP contribution >= 0.6 is 11.6 Å². The van der Waals surface area contributed by atoms with Gasteiger partial charge in [0.25, 0.3) is 0 Å². The molecule has 0 aliphatic carbocycles. The van der Waals surface area contributed by atoms with E-state index in [0.717, 1.165) is 0 Å². The zero-order valence-corrected chi connectivity index (χ0v) is 17.9. The first kappa shape index (κ1) is 21.2. The van der Waals surface area contributed by atoms with E-state index < -0.39 is 20.0 Å². The summed E-state index contributed by atoms with van der Waals surface area (Å²) in [4.78, 5) is 16.7. The summed E-state index contributed by atoms with van der Waals surface area (Å²) in [6.45, 7) is 11.8. The number of carboxylic acid groups (broad SMARTS) is 1. The van der Waals surface area contributed by atoms with E-state index >= 15 is 0 Å². The second-order valence-corrected chi connectivity index (χ2v) is 13.7. The number of likely N-dealkylation sites (tertiary alicyclic amines) is 1. The summed E-state index contributed by atoms with van der Waals surface area (Å²) in [6, 6.07) is 1.73. The highest BCUT2D eigenvalue weighted by Gasteiger charge is 2.38. The Hall–Kier alpha value is -1.15. The lowest BCUT2D eigenvalue weighted by Crippen LogP contribution is -2.44. The molecule has 26 heavy (non-hydrogen) atoms. The molecule has 1 aliphatic rings. The quantitative estimate of drug-likeness (QED) is 0.739. The Kier molecular flexibility index (Phi) is 6.07. The van der Waals surface area contributed by atoms with Crippen molar-refractivity contribution in [3.63, 3.8) is 0 Å². The summed E-state index contributed by atoms with van der Waals surface area (Å²) in [5.41, 5.74) is 0.192. The number of pyridine rings is 1. The maximum Gasteiger partial charge on any atom is 0.407 e. The van der Waals surface area contributed by atoms with Gasteiger partial charge in [0.1, 0.15) is 0 Å². The highest BCUT2D eigenvalue weighted by atomic mass is 35.5. The number of rotatable bonds is 4. The molecule has 8 heteroatoms. The molecule has 1 aliphatic heterocycles. The number of hydrogen-bond acceptors (Lipinski definition) is 4. The average Bonchev–Trinajstić information content (AvgIpc) is 2.53. The van der Waals surface area contributed by atoms with Crippen LogP contribution in [0.3, 0.4) is 0 Å². The lowest BCUT2D eigenvalue weighted by atomic mass is 9.85. The number of nitrogens with zero attached hydrogens (tertiary/aromatic N) is 2. The Bertz CT molecular complexity index is 668. The number of hydrogen-bond donors (Lipinski definition) is 2. The summed E-state index contributed by atoms with van der Waals surface area (Å²) in [5, 5.41) is 20.5. The minimum Gasteiger partial charge on any atom is -0.465 e. The van der Waals surface area contributed by atoms with Crippen LogP contribution in [0.2, 0.25) is 23.2 Å². The van der Waals surface area contributed by atoms with E-state index in [1.807, 2.05) is 0 Å². The van der Waals surface area contributed by atoms with Gasteiger partial charge in [0, 0.05) is 24.8 Å². The molecule has 0 atom stereocenters. The fourth-order valence-electron chi connectivity index (χ4n) is 2.65. The van der Waals surface area contributed by atoms with E-state index in [1.165, 1.54) is 4.90 Å². The number of aliphatic hydroxyl groups is 1. The van der Waals surface area contributed by atoms with Gasteiger partial charge in [-0.2, -0.15) is 0 Å². The van der Waals surface area contributed by atoms with Gasteiger partial charge < -0.3 is 19.5 Å². The third kappa shape index (κ3) is 4.57.